The average Bonchev–Trinajstić information content (AvgIpc) is 2.16. The largest absolute Gasteiger partial charge is 0.206 e. The molecule has 0 fully saturated rings. The molecule has 0 saturated heterocycles. The van der Waals surface area contributed by atoms with Gasteiger partial charge in [-0.15, -0.1) is 0 Å². The summed E-state index contributed by atoms with van der Waals surface area (Å²) in [5, 5.41) is 0. The molecule has 0 nitrogen and oxygen atoms in total. The van der Waals surface area contributed by atoms with E-state index in [1.165, 1.54) is 6.07 Å². The number of hydrogen-bond donors (Lipinski definition) is 0. The van der Waals surface area contributed by atoms with E-state index >= 15 is 0 Å². The zero-order chi connectivity index (χ0) is 10.8. The quantitative estimate of drug-likeness (QED) is 0.653. The van der Waals surface area contributed by atoms with Crippen LogP contribution in [0, 0.1) is 25.7 Å². The molecule has 0 spiro atoms. The van der Waals surface area contributed by atoms with Gasteiger partial charge in [0.25, 0.3) is 0 Å². The first-order chi connectivity index (χ1) is 7.16. The summed E-state index contributed by atoms with van der Waals surface area (Å²) < 4.78 is 13.5. The summed E-state index contributed by atoms with van der Waals surface area (Å²) in [6, 6.07) is 13.9. The van der Waals surface area contributed by atoms with Crippen molar-refractivity contribution in [3.8, 4) is 11.1 Å². The second-order valence-electron chi connectivity index (χ2n) is 3.71. The Hall–Kier alpha value is -1.63. The van der Waals surface area contributed by atoms with Crippen molar-refractivity contribution < 1.29 is 4.39 Å². The summed E-state index contributed by atoms with van der Waals surface area (Å²) in [6.45, 7) is 3.94. The van der Waals surface area contributed by atoms with Gasteiger partial charge in [0.2, 0.25) is 0 Å². The molecule has 0 atom stereocenters. The molecule has 75 valence electrons. The molecule has 15 heavy (non-hydrogen) atoms. The first-order valence-corrected chi connectivity index (χ1v) is 4.92. The zero-order valence-corrected chi connectivity index (χ0v) is 8.84. The number of aryl methyl sites for hydroxylation is 2. The molecular formula is C14H12F. The molecule has 2 rings (SSSR count). The topological polar surface area (TPSA) is 0 Å². The minimum Gasteiger partial charge on any atom is -0.206 e. The van der Waals surface area contributed by atoms with Gasteiger partial charge in [0, 0.05) is 5.56 Å². The highest BCUT2D eigenvalue weighted by atomic mass is 19.1. The van der Waals surface area contributed by atoms with E-state index in [0.717, 1.165) is 16.7 Å². The predicted molar refractivity (Wildman–Crippen MR) is 60.1 cm³/mol. The van der Waals surface area contributed by atoms with Crippen LogP contribution >= 0.6 is 0 Å². The van der Waals surface area contributed by atoms with Crippen LogP contribution in [0.15, 0.2) is 36.4 Å². The molecule has 0 N–H and O–H groups in total. The molecule has 1 radical (unpaired) electrons. The lowest BCUT2D eigenvalue weighted by Gasteiger charge is -2.05. The number of rotatable bonds is 1. The van der Waals surface area contributed by atoms with Crippen LogP contribution in [0.2, 0.25) is 0 Å². The third-order valence-corrected chi connectivity index (χ3v) is 2.32. The van der Waals surface area contributed by atoms with Crippen LogP contribution in [-0.2, 0) is 0 Å². The van der Waals surface area contributed by atoms with Crippen LogP contribution < -0.4 is 0 Å². The summed E-state index contributed by atoms with van der Waals surface area (Å²) in [7, 11) is 0. The van der Waals surface area contributed by atoms with Crippen molar-refractivity contribution in [2.24, 2.45) is 0 Å². The fourth-order valence-corrected chi connectivity index (χ4v) is 1.74. The molecule has 0 unspecified atom stereocenters. The Labute approximate surface area is 89.4 Å². The maximum absolute atomic E-state index is 13.5. The van der Waals surface area contributed by atoms with Crippen LogP contribution in [0.5, 0.6) is 0 Å². The molecular weight excluding hydrogens is 187 g/mol. The first kappa shape index (κ1) is 9.91. The number of hydrogen-bond acceptors (Lipinski definition) is 0. The molecule has 0 amide bonds. The maximum atomic E-state index is 13.5. The average molecular weight is 199 g/mol. The number of halogens is 1. The van der Waals surface area contributed by atoms with Crippen LogP contribution in [0.4, 0.5) is 4.39 Å². The molecule has 0 saturated carbocycles. The van der Waals surface area contributed by atoms with Gasteiger partial charge in [-0.1, -0.05) is 30.3 Å². The van der Waals surface area contributed by atoms with Gasteiger partial charge >= 0.3 is 0 Å². The van der Waals surface area contributed by atoms with Crippen molar-refractivity contribution in [3.05, 3.63) is 59.4 Å². The molecule has 0 aliphatic rings. The fraction of sp³-hybridized carbons (Fsp3) is 0.143. The van der Waals surface area contributed by atoms with E-state index in [4.69, 9.17) is 0 Å². The maximum Gasteiger partial charge on any atom is 0.131 e. The highest BCUT2D eigenvalue weighted by Gasteiger charge is 2.04. The zero-order valence-electron chi connectivity index (χ0n) is 8.84. The summed E-state index contributed by atoms with van der Waals surface area (Å²) >= 11 is 0. The summed E-state index contributed by atoms with van der Waals surface area (Å²) in [5.74, 6) is -0.178. The van der Waals surface area contributed by atoms with Gasteiger partial charge in [0.05, 0.1) is 0 Å². The van der Waals surface area contributed by atoms with Gasteiger partial charge in [-0.25, -0.2) is 4.39 Å². The van der Waals surface area contributed by atoms with Gasteiger partial charge < -0.3 is 0 Å². The normalized spacial score (nSPS) is 10.3. The molecule has 0 heterocycles. The second-order valence-corrected chi connectivity index (χ2v) is 3.71. The van der Waals surface area contributed by atoms with Crippen LogP contribution in [-0.4, -0.2) is 0 Å². The van der Waals surface area contributed by atoms with Crippen LogP contribution in [0.3, 0.4) is 0 Å². The molecule has 0 aliphatic heterocycles. The Morgan fingerprint density at radius 3 is 2.20 bits per heavy atom. The Kier molecular flexibility index (Phi) is 2.55. The van der Waals surface area contributed by atoms with E-state index < -0.39 is 0 Å². The molecule has 2 aromatic carbocycles. The minimum absolute atomic E-state index is 0.178. The standard InChI is InChI=1S/C14H12F/c1-10-7-11(2)9-12(8-10)13-5-3-4-6-14(13)15/h3-6,8-9H,1-2H3. The second kappa shape index (κ2) is 3.85. The van der Waals surface area contributed by atoms with E-state index in [1.54, 1.807) is 12.1 Å². The van der Waals surface area contributed by atoms with Gasteiger partial charge in [-0.05, 0) is 42.7 Å². The molecule has 2 aromatic rings. The first-order valence-electron chi connectivity index (χ1n) is 4.92. The summed E-state index contributed by atoms with van der Waals surface area (Å²) in [5.41, 5.74) is 3.64. The highest BCUT2D eigenvalue weighted by molar-refractivity contribution is 5.65. The lowest BCUT2D eigenvalue weighted by atomic mass is 10.0. The minimum atomic E-state index is -0.178. The number of benzene rings is 2. The lowest BCUT2D eigenvalue weighted by Crippen LogP contribution is -1.86. The van der Waals surface area contributed by atoms with Crippen LogP contribution in [0.1, 0.15) is 11.1 Å². The monoisotopic (exact) mass is 199 g/mol. The van der Waals surface area contributed by atoms with Crippen molar-refractivity contribution in [3.63, 3.8) is 0 Å². The van der Waals surface area contributed by atoms with Gasteiger partial charge in [-0.2, -0.15) is 0 Å². The van der Waals surface area contributed by atoms with Crippen molar-refractivity contribution in [1.82, 2.24) is 0 Å². The fourth-order valence-electron chi connectivity index (χ4n) is 1.74. The third kappa shape index (κ3) is 2.07. The van der Waals surface area contributed by atoms with E-state index in [-0.39, 0.29) is 5.82 Å². The predicted octanol–water partition coefficient (Wildman–Crippen LogP) is 3.91. The Balaban J connectivity index is 2.59. The Morgan fingerprint density at radius 1 is 1.00 bits per heavy atom. The van der Waals surface area contributed by atoms with Crippen molar-refractivity contribution in [2.45, 2.75) is 13.8 Å². The van der Waals surface area contributed by atoms with E-state index in [2.05, 4.69) is 6.07 Å². The SMILES string of the molecule is Cc1[c]c(C)cc(-c2ccccc2F)c1. The van der Waals surface area contributed by atoms with E-state index in [9.17, 15) is 4.39 Å². The van der Waals surface area contributed by atoms with Crippen molar-refractivity contribution in [2.75, 3.05) is 0 Å². The highest BCUT2D eigenvalue weighted by Crippen LogP contribution is 2.24. The van der Waals surface area contributed by atoms with E-state index in [1.807, 2.05) is 32.0 Å². The van der Waals surface area contributed by atoms with Gasteiger partial charge in [0.1, 0.15) is 5.82 Å². The van der Waals surface area contributed by atoms with E-state index in [0.29, 0.717) is 5.56 Å². The van der Waals surface area contributed by atoms with Crippen molar-refractivity contribution >= 4 is 0 Å². The van der Waals surface area contributed by atoms with Crippen LogP contribution in [0.25, 0.3) is 11.1 Å². The molecule has 0 aromatic heterocycles. The van der Waals surface area contributed by atoms with Gasteiger partial charge in [0.15, 0.2) is 0 Å². The lowest BCUT2D eigenvalue weighted by molar-refractivity contribution is 0.631. The summed E-state index contributed by atoms with van der Waals surface area (Å²) in [6.07, 6.45) is 0. The van der Waals surface area contributed by atoms with Gasteiger partial charge in [-0.3, -0.25) is 0 Å². The molecule has 0 bridgehead atoms. The smallest absolute Gasteiger partial charge is 0.131 e. The molecule has 0 aliphatic carbocycles. The Morgan fingerprint density at radius 2 is 1.60 bits per heavy atom. The molecule has 1 heteroatoms. The summed E-state index contributed by atoms with van der Waals surface area (Å²) in [4.78, 5) is 0. The Bertz CT molecular complexity index is 466. The van der Waals surface area contributed by atoms with Crippen molar-refractivity contribution in [1.29, 1.82) is 0 Å². The third-order valence-electron chi connectivity index (χ3n) is 2.32.